The number of nitrogens with zero attached hydrogens (tertiary/aromatic N) is 2. The van der Waals surface area contributed by atoms with Gasteiger partial charge in [-0.2, -0.15) is 0 Å². The minimum Gasteiger partial charge on any atom is -0.466 e. The number of carbonyl (C=O) groups excluding carboxylic acids is 6. The lowest BCUT2D eigenvalue weighted by atomic mass is 9.86. The third-order valence-corrected chi connectivity index (χ3v) is 23.0. The Morgan fingerprint density at radius 2 is 0.527 bits per heavy atom. The Morgan fingerprint density at radius 3 is 0.873 bits per heavy atom. The van der Waals surface area contributed by atoms with E-state index < -0.39 is 10.8 Å². The fourth-order valence-corrected chi connectivity index (χ4v) is 15.2. The summed E-state index contributed by atoms with van der Waals surface area (Å²) < 4.78 is 23.9. The average molecular weight is 1560 g/mol. The molecule has 0 aromatic carbocycles. The summed E-state index contributed by atoms with van der Waals surface area (Å²) in [6, 6.07) is 0. The molecule has 0 fully saturated rings. The van der Waals surface area contributed by atoms with Gasteiger partial charge < -0.3 is 39.4 Å². The number of amides is 2. The van der Waals surface area contributed by atoms with Crippen LogP contribution in [0.4, 0.5) is 0 Å². The second-order valence-electron chi connectivity index (χ2n) is 35.0. The van der Waals surface area contributed by atoms with E-state index in [0.717, 1.165) is 245 Å². The van der Waals surface area contributed by atoms with E-state index in [1.165, 1.54) is 193 Å². The van der Waals surface area contributed by atoms with Crippen molar-refractivity contribution >= 4 is 35.7 Å². The predicted octanol–water partition coefficient (Wildman–Crippen LogP) is 26.7. The van der Waals surface area contributed by atoms with Gasteiger partial charge in [0.2, 0.25) is 11.8 Å². The van der Waals surface area contributed by atoms with Crippen LogP contribution in [0.3, 0.4) is 0 Å². The molecule has 0 aromatic heterocycles. The van der Waals surface area contributed by atoms with Crippen molar-refractivity contribution in [3.8, 4) is 0 Å². The normalized spacial score (nSPS) is 11.9. The number of hydrogen-bond acceptors (Lipinski definition) is 12. The highest BCUT2D eigenvalue weighted by Gasteiger charge is 2.31. The number of esters is 4. The zero-order valence-corrected chi connectivity index (χ0v) is 74.9. The summed E-state index contributed by atoms with van der Waals surface area (Å²) in [5.74, 6) is -0.366. The molecule has 0 aromatic rings. The maximum absolute atomic E-state index is 13.8. The third-order valence-electron chi connectivity index (χ3n) is 23.0. The predicted molar refractivity (Wildman–Crippen MR) is 467 cm³/mol. The molecule has 0 radical (unpaired) electrons. The van der Waals surface area contributed by atoms with Crippen molar-refractivity contribution in [3.05, 3.63) is 0 Å². The summed E-state index contributed by atoms with van der Waals surface area (Å²) in [5.41, 5.74) is -0.951. The maximum atomic E-state index is 13.8. The van der Waals surface area contributed by atoms with Gasteiger partial charge in [-0.1, -0.05) is 324 Å². The third kappa shape index (κ3) is 71.3. The van der Waals surface area contributed by atoms with Crippen LogP contribution in [0.5, 0.6) is 0 Å². The first-order valence-electron chi connectivity index (χ1n) is 48.2. The van der Waals surface area contributed by atoms with Crippen LogP contribution in [-0.2, 0) is 47.7 Å². The van der Waals surface area contributed by atoms with Gasteiger partial charge in [0.15, 0.2) is 0 Å². The fraction of sp³-hybridized carbons (Fsp3) is 0.938. The highest BCUT2D eigenvalue weighted by molar-refractivity contribution is 5.83. The van der Waals surface area contributed by atoms with Crippen LogP contribution < -0.4 is 10.6 Å². The summed E-state index contributed by atoms with van der Waals surface area (Å²) >= 11 is 0. The van der Waals surface area contributed by atoms with E-state index >= 15 is 0 Å². The van der Waals surface area contributed by atoms with Crippen LogP contribution in [0.15, 0.2) is 0 Å². The van der Waals surface area contributed by atoms with Gasteiger partial charge in [-0.05, 0) is 169 Å². The van der Waals surface area contributed by atoms with E-state index in [0.29, 0.717) is 39.1 Å². The lowest BCUT2D eigenvalue weighted by Gasteiger charge is -2.27. The first-order chi connectivity index (χ1) is 53.5. The summed E-state index contributed by atoms with van der Waals surface area (Å²) in [7, 11) is 0. The highest BCUT2D eigenvalue weighted by atomic mass is 16.6. The maximum Gasteiger partial charge on any atom is 0.311 e. The van der Waals surface area contributed by atoms with Gasteiger partial charge in [0.25, 0.3) is 0 Å². The van der Waals surface area contributed by atoms with Crippen LogP contribution >= 0.6 is 0 Å². The van der Waals surface area contributed by atoms with Gasteiger partial charge in [-0.15, -0.1) is 0 Å². The Morgan fingerprint density at radius 1 is 0.264 bits per heavy atom. The van der Waals surface area contributed by atoms with Crippen molar-refractivity contribution in [1.82, 2.24) is 20.4 Å². The summed E-state index contributed by atoms with van der Waals surface area (Å²) in [6.45, 7) is 29.1. The minimum absolute atomic E-state index is 0.0190. The van der Waals surface area contributed by atoms with Crippen molar-refractivity contribution in [2.24, 2.45) is 10.8 Å². The molecule has 110 heavy (non-hydrogen) atoms. The smallest absolute Gasteiger partial charge is 0.311 e. The summed E-state index contributed by atoms with van der Waals surface area (Å²) in [4.78, 5) is 83.8. The van der Waals surface area contributed by atoms with Crippen molar-refractivity contribution in [2.75, 3.05) is 65.6 Å². The van der Waals surface area contributed by atoms with Gasteiger partial charge in [0.05, 0.1) is 24.0 Å². The molecular weight excluding hydrogens is 1370 g/mol. The highest BCUT2D eigenvalue weighted by Crippen LogP contribution is 2.30. The van der Waals surface area contributed by atoms with Gasteiger partial charge in [0, 0.05) is 51.9 Å². The van der Waals surface area contributed by atoms with Crippen LogP contribution in [0.1, 0.15) is 493 Å². The van der Waals surface area contributed by atoms with E-state index in [-0.39, 0.29) is 60.7 Å². The molecule has 0 saturated heterocycles. The molecule has 0 aliphatic rings. The van der Waals surface area contributed by atoms with Crippen molar-refractivity contribution in [2.45, 2.75) is 505 Å². The standard InChI is InChI=1S/C96H186N4O10/c1-11-17-23-29-35-43-57-71-91(103)107-85-65-51-37-48-62-81-100(82-64-50-46-60-76-96(9,10)94(106)110-88(69-55-41-32-26-20-14-4)70-56-42-33-27-21-15-5)84-78-98-90(102)74-73-89(101)97-77-83-99(80-63-49-38-52-66-86-108-93(105)95(7,8)75-59-45-34-28-22-16-6)79-61-47-36-44-58-72-92(104)109-87(67-53-39-30-24-18-12-2)68-54-40-31-25-19-13-3/h87-88H,11-86H2,1-10H3,(H,97,101)(H,98,102). The number of rotatable bonds is 87. The molecule has 2 N–H and O–H groups in total. The molecule has 14 heteroatoms. The molecule has 2 amide bonds. The molecule has 0 unspecified atom stereocenters. The molecule has 0 saturated carbocycles. The van der Waals surface area contributed by atoms with Gasteiger partial charge in [0.1, 0.15) is 12.2 Å². The summed E-state index contributed by atoms with van der Waals surface area (Å²) in [5, 5.41) is 6.29. The number of ether oxygens (including phenoxy) is 4. The second kappa shape index (κ2) is 79.6. The van der Waals surface area contributed by atoms with E-state index in [9.17, 15) is 28.8 Å². The van der Waals surface area contributed by atoms with Crippen LogP contribution in [0.2, 0.25) is 0 Å². The van der Waals surface area contributed by atoms with Gasteiger partial charge in [-0.25, -0.2) is 0 Å². The largest absolute Gasteiger partial charge is 0.466 e. The lowest BCUT2D eigenvalue weighted by Crippen LogP contribution is -2.37. The molecule has 0 heterocycles. The first kappa shape index (κ1) is 107. The second-order valence-corrected chi connectivity index (χ2v) is 35.0. The molecular formula is C96H186N4O10. The van der Waals surface area contributed by atoms with Gasteiger partial charge in [-0.3, -0.25) is 28.8 Å². The molecule has 650 valence electrons. The average Bonchev–Trinajstić information content (AvgIpc) is 0.884. The molecule has 0 spiro atoms. The topological polar surface area (TPSA) is 170 Å². The molecule has 0 atom stereocenters. The number of nitrogens with one attached hydrogen (secondary N) is 2. The minimum atomic E-state index is -0.512. The van der Waals surface area contributed by atoms with E-state index in [1.54, 1.807) is 0 Å². The molecule has 0 aliphatic carbocycles. The lowest BCUT2D eigenvalue weighted by molar-refractivity contribution is -0.161. The van der Waals surface area contributed by atoms with E-state index in [2.05, 4.69) is 75.8 Å². The van der Waals surface area contributed by atoms with Crippen molar-refractivity contribution in [3.63, 3.8) is 0 Å². The van der Waals surface area contributed by atoms with Crippen molar-refractivity contribution in [1.29, 1.82) is 0 Å². The Kier molecular flexibility index (Phi) is 77.2. The molecule has 14 nitrogen and oxygen atoms in total. The van der Waals surface area contributed by atoms with Crippen LogP contribution in [0.25, 0.3) is 0 Å². The van der Waals surface area contributed by atoms with Crippen molar-refractivity contribution < 1.29 is 47.7 Å². The Labute approximate surface area is 681 Å². The zero-order chi connectivity index (χ0) is 80.8. The SMILES string of the molecule is CCCCCCCCCC(=O)OCCCCCCCN(CCCCCCC(C)(C)C(=O)OC(CCCCCCCC)CCCCCCCC)CCNC(=O)CCC(=O)NCCN(CCCCCCCOC(=O)C(C)(C)CCCCCCCC)CCCCCCCC(=O)OC(CCCCCCCC)CCCCCCCC. The zero-order valence-electron chi connectivity index (χ0n) is 74.9. The Bertz CT molecular complexity index is 2040. The molecule has 0 rings (SSSR count). The number of hydrogen-bond donors (Lipinski definition) is 2. The Hall–Kier alpha value is -3.26. The fourth-order valence-electron chi connectivity index (χ4n) is 15.2. The van der Waals surface area contributed by atoms with Crippen LogP contribution in [0, 0.1) is 10.8 Å². The number of carbonyl (C=O) groups is 6. The summed E-state index contributed by atoms with van der Waals surface area (Å²) in [6.07, 6.45) is 72.4. The number of unbranched alkanes of at least 4 members (excludes halogenated alkanes) is 46. The van der Waals surface area contributed by atoms with Crippen LogP contribution in [-0.4, -0.2) is 123 Å². The quantitative estimate of drug-likeness (QED) is 0.0336. The monoisotopic (exact) mass is 1560 g/mol. The first-order valence-corrected chi connectivity index (χ1v) is 48.2. The van der Waals surface area contributed by atoms with E-state index in [1.807, 2.05) is 13.8 Å². The van der Waals surface area contributed by atoms with Gasteiger partial charge >= 0.3 is 23.9 Å². The molecule has 0 bridgehead atoms. The Balaban J connectivity index is 5.54. The molecule has 0 aliphatic heterocycles. The van der Waals surface area contributed by atoms with E-state index in [4.69, 9.17) is 18.9 Å².